The van der Waals surface area contributed by atoms with Crippen LogP contribution in [-0.4, -0.2) is 22.1 Å². The van der Waals surface area contributed by atoms with Gasteiger partial charge in [-0.1, -0.05) is 15.9 Å². The highest BCUT2D eigenvalue weighted by atomic mass is 79.9. The number of halogens is 1. The molecule has 0 amide bonds. The van der Waals surface area contributed by atoms with E-state index in [1.165, 1.54) is 0 Å². The van der Waals surface area contributed by atoms with Gasteiger partial charge in [0.1, 0.15) is 5.75 Å². The van der Waals surface area contributed by atoms with Gasteiger partial charge >= 0.3 is 0 Å². The third kappa shape index (κ3) is 3.14. The minimum atomic E-state index is 0.662. The van der Waals surface area contributed by atoms with Crippen LogP contribution < -0.4 is 4.74 Å². The number of aromatic nitrogens is 3. The highest BCUT2D eigenvalue weighted by molar-refractivity contribution is 9.10. The first-order chi connectivity index (χ1) is 10.7. The number of nitrogens with zero attached hydrogens (tertiary/aromatic N) is 3. The van der Waals surface area contributed by atoms with Crippen LogP contribution >= 0.6 is 15.9 Å². The van der Waals surface area contributed by atoms with Gasteiger partial charge in [0.2, 0.25) is 0 Å². The summed E-state index contributed by atoms with van der Waals surface area (Å²) in [7, 11) is 1.66. The molecule has 0 fully saturated rings. The lowest BCUT2D eigenvalue weighted by atomic mass is 10.1. The normalized spacial score (nSPS) is 11.2. The zero-order valence-electron chi connectivity index (χ0n) is 12.2. The summed E-state index contributed by atoms with van der Waals surface area (Å²) in [5.74, 6) is 1.46. The molecule has 4 nitrogen and oxygen atoms in total. The van der Waals surface area contributed by atoms with E-state index < -0.39 is 0 Å². The zero-order chi connectivity index (χ0) is 15.5. The molecule has 110 valence electrons. The van der Waals surface area contributed by atoms with Gasteiger partial charge in [0.25, 0.3) is 0 Å². The maximum atomic E-state index is 5.46. The van der Waals surface area contributed by atoms with Crippen LogP contribution in [0.3, 0.4) is 0 Å². The topological polar surface area (TPSA) is 47.9 Å². The average Bonchev–Trinajstić information content (AvgIpc) is 2.51. The molecule has 0 radical (unpaired) electrons. The van der Waals surface area contributed by atoms with Crippen molar-refractivity contribution in [3.05, 3.63) is 58.2 Å². The minimum absolute atomic E-state index is 0.662. The first kappa shape index (κ1) is 14.7. The highest BCUT2D eigenvalue weighted by Gasteiger charge is 2.05. The van der Waals surface area contributed by atoms with Crippen LogP contribution in [0.2, 0.25) is 0 Å². The minimum Gasteiger partial charge on any atom is -0.496 e. The lowest BCUT2D eigenvalue weighted by Gasteiger charge is -2.07. The maximum Gasteiger partial charge on any atom is 0.152 e. The summed E-state index contributed by atoms with van der Waals surface area (Å²) < 4.78 is 6.44. The summed E-state index contributed by atoms with van der Waals surface area (Å²) in [6.07, 6.45) is 5.48. The molecule has 0 unspecified atom stereocenters. The number of fused-ring (bicyclic) bond motifs is 1. The van der Waals surface area contributed by atoms with E-state index in [0.29, 0.717) is 5.82 Å². The second-order valence-corrected chi connectivity index (χ2v) is 5.72. The van der Waals surface area contributed by atoms with E-state index in [1.807, 2.05) is 49.4 Å². The third-order valence-electron chi connectivity index (χ3n) is 3.19. The summed E-state index contributed by atoms with van der Waals surface area (Å²) in [6, 6.07) is 9.71. The SMILES string of the molecule is COc1cc(/C=C/c2nccc(C)n2)nc2cc(Br)ccc12. The number of benzene rings is 1. The number of ether oxygens (including phenoxy) is 1. The molecule has 1 aromatic carbocycles. The fraction of sp³-hybridized carbons (Fsp3) is 0.118. The first-order valence-electron chi connectivity index (χ1n) is 6.78. The molecule has 0 saturated carbocycles. The number of rotatable bonds is 3. The van der Waals surface area contributed by atoms with Crippen molar-refractivity contribution in [3.8, 4) is 5.75 Å². The molecule has 0 aliphatic carbocycles. The van der Waals surface area contributed by atoms with Gasteiger partial charge in [0.15, 0.2) is 5.82 Å². The van der Waals surface area contributed by atoms with E-state index in [-0.39, 0.29) is 0 Å². The predicted octanol–water partition coefficient (Wildman–Crippen LogP) is 4.27. The van der Waals surface area contributed by atoms with Crippen molar-refractivity contribution in [2.24, 2.45) is 0 Å². The molecule has 0 aliphatic rings. The van der Waals surface area contributed by atoms with E-state index in [4.69, 9.17) is 4.74 Å². The average molecular weight is 356 g/mol. The van der Waals surface area contributed by atoms with Gasteiger partial charge in [0.05, 0.1) is 18.3 Å². The molecule has 0 atom stereocenters. The Kier molecular flexibility index (Phi) is 4.15. The molecule has 2 aromatic heterocycles. The van der Waals surface area contributed by atoms with Crippen LogP contribution in [0.5, 0.6) is 5.75 Å². The highest BCUT2D eigenvalue weighted by Crippen LogP contribution is 2.28. The molecule has 0 N–H and O–H groups in total. The van der Waals surface area contributed by atoms with Crippen LogP contribution in [0.25, 0.3) is 23.1 Å². The zero-order valence-corrected chi connectivity index (χ0v) is 13.8. The van der Waals surface area contributed by atoms with Gasteiger partial charge in [-0.25, -0.2) is 15.0 Å². The molecule has 3 rings (SSSR count). The van der Waals surface area contributed by atoms with Crippen LogP contribution in [0.4, 0.5) is 0 Å². The second kappa shape index (κ2) is 6.23. The van der Waals surface area contributed by atoms with Gasteiger partial charge in [-0.05, 0) is 43.3 Å². The number of aryl methyl sites for hydroxylation is 1. The van der Waals surface area contributed by atoms with Gasteiger partial charge < -0.3 is 4.74 Å². The van der Waals surface area contributed by atoms with Crippen LogP contribution in [0.15, 0.2) is 41.0 Å². The molecule has 5 heteroatoms. The molecular formula is C17H14BrN3O. The molecule has 2 heterocycles. The summed E-state index contributed by atoms with van der Waals surface area (Å²) in [6.45, 7) is 1.94. The molecule has 0 bridgehead atoms. The van der Waals surface area contributed by atoms with Crippen LogP contribution in [0.1, 0.15) is 17.2 Å². The standard InChI is InChI=1S/C17H14BrN3O/c1-11-7-8-19-17(20-11)6-4-13-10-16(22-2)14-5-3-12(18)9-15(14)21-13/h3-10H,1-2H3/b6-4+. The van der Waals surface area contributed by atoms with Crippen LogP contribution in [0, 0.1) is 6.92 Å². The van der Waals surface area contributed by atoms with E-state index in [9.17, 15) is 0 Å². The predicted molar refractivity (Wildman–Crippen MR) is 91.7 cm³/mol. The molecule has 0 saturated heterocycles. The van der Waals surface area contributed by atoms with Crippen molar-refractivity contribution in [2.75, 3.05) is 7.11 Å². The van der Waals surface area contributed by atoms with E-state index in [1.54, 1.807) is 13.3 Å². The Balaban J connectivity index is 2.03. The summed E-state index contributed by atoms with van der Waals surface area (Å²) in [5, 5.41) is 0.981. The molecule has 0 aliphatic heterocycles. The lowest BCUT2D eigenvalue weighted by Crippen LogP contribution is -1.91. The molecule has 0 spiro atoms. The summed E-state index contributed by atoms with van der Waals surface area (Å²) in [4.78, 5) is 13.2. The van der Waals surface area contributed by atoms with Crippen LogP contribution in [-0.2, 0) is 0 Å². The van der Waals surface area contributed by atoms with Gasteiger partial charge in [0, 0.05) is 27.8 Å². The second-order valence-electron chi connectivity index (χ2n) is 4.80. The quantitative estimate of drug-likeness (QED) is 0.703. The largest absolute Gasteiger partial charge is 0.496 e. The first-order valence-corrected chi connectivity index (χ1v) is 7.57. The van der Waals surface area contributed by atoms with E-state index >= 15 is 0 Å². The summed E-state index contributed by atoms with van der Waals surface area (Å²) in [5.41, 5.74) is 2.61. The van der Waals surface area contributed by atoms with Crippen molar-refractivity contribution in [2.45, 2.75) is 6.92 Å². The van der Waals surface area contributed by atoms with E-state index in [2.05, 4.69) is 30.9 Å². The number of methoxy groups -OCH3 is 1. The Morgan fingerprint density at radius 2 is 1.95 bits per heavy atom. The maximum absolute atomic E-state index is 5.46. The Labute approximate surface area is 137 Å². The van der Waals surface area contributed by atoms with E-state index in [0.717, 1.165) is 32.5 Å². The Morgan fingerprint density at radius 3 is 2.73 bits per heavy atom. The third-order valence-corrected chi connectivity index (χ3v) is 3.68. The Bertz CT molecular complexity index is 862. The number of hydrogen-bond acceptors (Lipinski definition) is 4. The fourth-order valence-electron chi connectivity index (χ4n) is 2.15. The van der Waals surface area contributed by atoms with Gasteiger partial charge in [-0.15, -0.1) is 0 Å². The Hall–Kier alpha value is -2.27. The fourth-order valence-corrected chi connectivity index (χ4v) is 2.50. The Morgan fingerprint density at radius 1 is 1.09 bits per heavy atom. The monoisotopic (exact) mass is 355 g/mol. The number of hydrogen-bond donors (Lipinski definition) is 0. The van der Waals surface area contributed by atoms with Crippen molar-refractivity contribution in [1.82, 2.24) is 15.0 Å². The van der Waals surface area contributed by atoms with Crippen molar-refractivity contribution in [1.29, 1.82) is 0 Å². The van der Waals surface area contributed by atoms with Crippen molar-refractivity contribution in [3.63, 3.8) is 0 Å². The van der Waals surface area contributed by atoms with Gasteiger partial charge in [-0.3, -0.25) is 0 Å². The molecule has 22 heavy (non-hydrogen) atoms. The molecule has 3 aromatic rings. The lowest BCUT2D eigenvalue weighted by molar-refractivity contribution is 0.419. The van der Waals surface area contributed by atoms with Crippen molar-refractivity contribution < 1.29 is 4.74 Å². The summed E-state index contributed by atoms with van der Waals surface area (Å²) >= 11 is 3.47. The van der Waals surface area contributed by atoms with Crippen molar-refractivity contribution >= 4 is 39.0 Å². The van der Waals surface area contributed by atoms with Gasteiger partial charge in [-0.2, -0.15) is 0 Å². The smallest absolute Gasteiger partial charge is 0.152 e. The molecular weight excluding hydrogens is 342 g/mol. The number of pyridine rings is 1.